The van der Waals surface area contributed by atoms with Gasteiger partial charge >= 0.3 is 0 Å². The third-order valence-corrected chi connectivity index (χ3v) is 15.8. The van der Waals surface area contributed by atoms with Crippen molar-refractivity contribution in [1.29, 1.82) is 0 Å². The van der Waals surface area contributed by atoms with Gasteiger partial charge in [-0.15, -0.1) is 34.0 Å². The van der Waals surface area contributed by atoms with E-state index in [1.54, 1.807) is 34.0 Å². The van der Waals surface area contributed by atoms with Crippen LogP contribution in [-0.2, 0) is 0 Å². The summed E-state index contributed by atoms with van der Waals surface area (Å²) < 4.78 is 3.68. The zero-order valence-corrected chi connectivity index (χ0v) is 38.8. The minimum atomic E-state index is 1.08. The second-order valence-electron chi connectivity index (χ2n) is 17.2. The molecule has 10 aromatic carbocycles. The summed E-state index contributed by atoms with van der Waals surface area (Å²) in [6.07, 6.45) is 0. The Morgan fingerprint density at radius 2 is 0.545 bits per heavy atom. The molecule has 3 heterocycles. The van der Waals surface area contributed by atoms with Crippen LogP contribution >= 0.6 is 34.0 Å². The molecule has 0 aliphatic rings. The smallest absolute Gasteiger partial charge is 0.0908 e. The van der Waals surface area contributed by atoms with Gasteiger partial charge in [-0.1, -0.05) is 127 Å². The Morgan fingerprint density at radius 1 is 0.273 bits per heavy atom. The highest BCUT2D eigenvalue weighted by atomic mass is 32.1. The van der Waals surface area contributed by atoms with Crippen LogP contribution in [0.25, 0.3) is 130 Å². The van der Waals surface area contributed by atoms with Gasteiger partial charge in [0.25, 0.3) is 0 Å². The predicted molar refractivity (Wildman–Crippen MR) is 285 cm³/mol. The van der Waals surface area contributed by atoms with E-state index in [9.17, 15) is 0 Å². The average molecular weight is 898 g/mol. The van der Waals surface area contributed by atoms with E-state index >= 15 is 0 Å². The van der Waals surface area contributed by atoms with Gasteiger partial charge in [-0.25, -0.2) is 15.0 Å². The number of aromatic nitrogens is 3. The monoisotopic (exact) mass is 897 g/mol. The fourth-order valence-corrected chi connectivity index (χ4v) is 12.6. The molecular weight excluding hydrogens is 859 g/mol. The maximum absolute atomic E-state index is 4.91. The first-order valence-electron chi connectivity index (χ1n) is 22.2. The molecule has 13 aromatic rings. The van der Waals surface area contributed by atoms with Crippen molar-refractivity contribution in [2.75, 3.05) is 0 Å². The standard InChI is InChI=1S/C60H39N3S3/c1-34-61-58-52-22-16-37(28-40(52)19-25-55(58)64-34)46-10-4-7-13-49(46)43-31-44(50-14-8-5-11-47(50)38-17-23-53-41(29-38)20-26-56-59(53)62-35(2)65-56)33-45(32-43)51-15-9-6-12-48(51)39-18-24-54-42(30-39)21-27-57-60(54)63-36(3)66-57/h4-33H,1-3H3. The Kier molecular flexibility index (Phi) is 9.11. The molecule has 0 radical (unpaired) electrons. The number of rotatable bonds is 6. The Hall–Kier alpha value is -7.35. The van der Waals surface area contributed by atoms with E-state index in [-0.39, 0.29) is 0 Å². The molecule has 13 rings (SSSR count). The molecular formula is C60H39N3S3. The number of fused-ring (bicyclic) bond motifs is 9. The fraction of sp³-hybridized carbons (Fsp3) is 0.0500. The largest absolute Gasteiger partial charge is 0.241 e. The first-order valence-corrected chi connectivity index (χ1v) is 24.7. The van der Waals surface area contributed by atoms with Crippen molar-refractivity contribution in [3.63, 3.8) is 0 Å². The Bertz CT molecular complexity index is 3680. The number of hydrogen-bond donors (Lipinski definition) is 0. The molecule has 0 atom stereocenters. The van der Waals surface area contributed by atoms with E-state index in [0.29, 0.717) is 0 Å². The molecule has 0 aliphatic carbocycles. The number of aryl methyl sites for hydroxylation is 3. The predicted octanol–water partition coefficient (Wildman–Crippen LogP) is 17.9. The second-order valence-corrected chi connectivity index (χ2v) is 20.9. The first kappa shape index (κ1) is 39.1. The van der Waals surface area contributed by atoms with Crippen LogP contribution < -0.4 is 0 Å². The van der Waals surface area contributed by atoms with Crippen molar-refractivity contribution in [3.05, 3.63) is 197 Å². The summed E-state index contributed by atoms with van der Waals surface area (Å²) in [7, 11) is 0. The van der Waals surface area contributed by atoms with Gasteiger partial charge in [0.05, 0.1) is 45.7 Å². The number of hydrogen-bond acceptors (Lipinski definition) is 6. The van der Waals surface area contributed by atoms with E-state index < -0.39 is 0 Å². The lowest BCUT2D eigenvalue weighted by atomic mass is 9.86. The van der Waals surface area contributed by atoms with Gasteiger partial charge in [-0.3, -0.25) is 0 Å². The minimum absolute atomic E-state index is 1.08. The van der Waals surface area contributed by atoms with Crippen molar-refractivity contribution in [2.45, 2.75) is 20.8 Å². The highest BCUT2D eigenvalue weighted by molar-refractivity contribution is 7.19. The van der Waals surface area contributed by atoms with Gasteiger partial charge in [0, 0.05) is 16.2 Å². The van der Waals surface area contributed by atoms with Gasteiger partial charge < -0.3 is 0 Å². The van der Waals surface area contributed by atoms with Gasteiger partial charge in [-0.05, 0) is 158 Å². The molecule has 312 valence electrons. The highest BCUT2D eigenvalue weighted by Crippen LogP contribution is 2.44. The molecule has 0 fully saturated rings. The molecule has 0 spiro atoms. The summed E-state index contributed by atoms with van der Waals surface area (Å²) in [5.41, 5.74) is 17.4. The van der Waals surface area contributed by atoms with E-state index in [1.165, 1.54) is 96.5 Å². The SMILES string of the molecule is Cc1nc2c(ccc3cc(-c4ccccc4-c4cc(-c5ccccc5-c5ccc6c(ccc7sc(C)nc76)c5)cc(-c5ccccc5-c5ccc6c(ccc7sc(C)nc76)c5)c4)ccc32)s1. The van der Waals surface area contributed by atoms with Crippen LogP contribution in [0.4, 0.5) is 0 Å². The minimum Gasteiger partial charge on any atom is -0.241 e. The summed E-state index contributed by atoms with van der Waals surface area (Å²) in [4.78, 5) is 14.7. The number of benzene rings is 10. The lowest BCUT2D eigenvalue weighted by Crippen LogP contribution is -1.92. The molecule has 0 N–H and O–H groups in total. The average Bonchev–Trinajstić information content (AvgIpc) is 4.07. The van der Waals surface area contributed by atoms with Gasteiger partial charge in [0.15, 0.2) is 0 Å². The summed E-state index contributed by atoms with van der Waals surface area (Å²) in [6, 6.07) is 67.8. The van der Waals surface area contributed by atoms with Crippen molar-refractivity contribution < 1.29 is 0 Å². The third kappa shape index (κ3) is 6.55. The van der Waals surface area contributed by atoms with Crippen LogP contribution in [0.1, 0.15) is 15.0 Å². The maximum atomic E-state index is 4.91. The molecule has 0 unspecified atom stereocenters. The van der Waals surface area contributed by atoms with Crippen LogP contribution in [0.15, 0.2) is 182 Å². The first-order chi connectivity index (χ1) is 32.4. The topological polar surface area (TPSA) is 38.7 Å². The molecule has 0 saturated heterocycles. The summed E-state index contributed by atoms with van der Waals surface area (Å²) in [5, 5.41) is 10.4. The summed E-state index contributed by atoms with van der Waals surface area (Å²) in [5.74, 6) is 0. The lowest BCUT2D eigenvalue weighted by Gasteiger charge is -2.18. The normalized spacial score (nSPS) is 11.9. The van der Waals surface area contributed by atoms with Crippen LogP contribution in [0.3, 0.4) is 0 Å². The van der Waals surface area contributed by atoms with Crippen molar-refractivity contribution >= 4 is 97.0 Å². The lowest BCUT2D eigenvalue weighted by molar-refractivity contribution is 1.35. The van der Waals surface area contributed by atoms with E-state index in [1.807, 2.05) is 0 Å². The summed E-state index contributed by atoms with van der Waals surface area (Å²) in [6.45, 7) is 6.26. The molecule has 6 heteroatoms. The van der Waals surface area contributed by atoms with E-state index in [4.69, 9.17) is 15.0 Å². The Morgan fingerprint density at radius 3 is 0.833 bits per heavy atom. The van der Waals surface area contributed by atoms with E-state index in [2.05, 4.69) is 203 Å². The van der Waals surface area contributed by atoms with Crippen LogP contribution in [-0.4, -0.2) is 15.0 Å². The molecule has 0 amide bonds. The van der Waals surface area contributed by atoms with Crippen molar-refractivity contribution in [3.8, 4) is 66.8 Å². The fourth-order valence-electron chi connectivity index (χ4n) is 10.0. The maximum Gasteiger partial charge on any atom is 0.0908 e. The Balaban J connectivity index is 1.01. The van der Waals surface area contributed by atoms with Gasteiger partial charge in [-0.2, -0.15) is 0 Å². The van der Waals surface area contributed by atoms with Crippen molar-refractivity contribution in [2.24, 2.45) is 0 Å². The Labute approximate surface area is 394 Å². The third-order valence-electron chi connectivity index (χ3n) is 13.0. The molecule has 0 bridgehead atoms. The molecule has 3 nitrogen and oxygen atoms in total. The zero-order chi connectivity index (χ0) is 44.0. The molecule has 3 aromatic heterocycles. The van der Waals surface area contributed by atoms with Crippen LogP contribution in [0, 0.1) is 20.8 Å². The molecule has 0 saturated carbocycles. The molecule has 66 heavy (non-hydrogen) atoms. The highest BCUT2D eigenvalue weighted by Gasteiger charge is 2.18. The summed E-state index contributed by atoms with van der Waals surface area (Å²) >= 11 is 5.26. The van der Waals surface area contributed by atoms with Gasteiger partial charge in [0.2, 0.25) is 0 Å². The zero-order valence-electron chi connectivity index (χ0n) is 36.4. The second kappa shape index (κ2) is 15.4. The molecule has 0 aliphatic heterocycles. The number of nitrogens with zero attached hydrogens (tertiary/aromatic N) is 3. The van der Waals surface area contributed by atoms with E-state index in [0.717, 1.165) is 48.3 Å². The van der Waals surface area contributed by atoms with Crippen LogP contribution in [0.2, 0.25) is 0 Å². The van der Waals surface area contributed by atoms with Gasteiger partial charge in [0.1, 0.15) is 0 Å². The van der Waals surface area contributed by atoms with Crippen LogP contribution in [0.5, 0.6) is 0 Å². The quantitative estimate of drug-likeness (QED) is 0.167. The number of thiazole rings is 3. The van der Waals surface area contributed by atoms with Crippen molar-refractivity contribution in [1.82, 2.24) is 15.0 Å².